The summed E-state index contributed by atoms with van der Waals surface area (Å²) in [5.74, 6) is 1.70. The highest BCUT2D eigenvalue weighted by atomic mass is 16.3. The van der Waals surface area contributed by atoms with Crippen molar-refractivity contribution in [3.05, 3.63) is 71.3 Å². The fourth-order valence-electron chi connectivity index (χ4n) is 6.47. The maximum absolute atomic E-state index is 13.3. The van der Waals surface area contributed by atoms with Crippen molar-refractivity contribution in [1.29, 1.82) is 0 Å². The molecule has 182 valence electrons. The second-order valence-electron chi connectivity index (χ2n) is 12.0. The molecule has 3 aliphatic rings. The minimum absolute atomic E-state index is 0.00812. The molecular formula is C30H40N2O2. The summed E-state index contributed by atoms with van der Waals surface area (Å²) in [6.07, 6.45) is 4.02. The van der Waals surface area contributed by atoms with E-state index < -0.39 is 5.60 Å². The van der Waals surface area contributed by atoms with Crippen LogP contribution in [0, 0.1) is 23.7 Å². The quantitative estimate of drug-likeness (QED) is 0.621. The lowest BCUT2D eigenvalue weighted by atomic mass is 9.79. The first-order valence-corrected chi connectivity index (χ1v) is 13.1. The van der Waals surface area contributed by atoms with Crippen LogP contribution in [0.15, 0.2) is 54.6 Å². The number of aliphatic hydroxyl groups is 1. The van der Waals surface area contributed by atoms with Crippen LogP contribution in [-0.4, -0.2) is 35.5 Å². The van der Waals surface area contributed by atoms with Gasteiger partial charge in [0.15, 0.2) is 5.60 Å². The van der Waals surface area contributed by atoms with Gasteiger partial charge in [0, 0.05) is 32.1 Å². The van der Waals surface area contributed by atoms with E-state index in [0.717, 1.165) is 50.9 Å². The van der Waals surface area contributed by atoms with Crippen molar-refractivity contribution in [2.75, 3.05) is 19.6 Å². The van der Waals surface area contributed by atoms with Crippen molar-refractivity contribution < 1.29 is 9.90 Å². The lowest BCUT2D eigenvalue weighted by molar-refractivity contribution is -0.147. The van der Waals surface area contributed by atoms with E-state index in [1.165, 1.54) is 11.1 Å². The zero-order chi connectivity index (χ0) is 23.9. The first kappa shape index (κ1) is 23.6. The molecule has 5 rings (SSSR count). The van der Waals surface area contributed by atoms with Gasteiger partial charge in [0.25, 0.3) is 5.91 Å². The van der Waals surface area contributed by atoms with E-state index in [1.807, 2.05) is 30.3 Å². The van der Waals surface area contributed by atoms with E-state index in [-0.39, 0.29) is 17.2 Å². The normalized spacial score (nSPS) is 26.8. The number of fused-ring (bicyclic) bond motifs is 1. The summed E-state index contributed by atoms with van der Waals surface area (Å²) >= 11 is 0. The first-order valence-electron chi connectivity index (χ1n) is 13.1. The Morgan fingerprint density at radius 1 is 0.941 bits per heavy atom. The van der Waals surface area contributed by atoms with Crippen molar-refractivity contribution in [1.82, 2.24) is 10.2 Å². The van der Waals surface area contributed by atoms with E-state index in [9.17, 15) is 9.90 Å². The zero-order valence-electron chi connectivity index (χ0n) is 21.0. The van der Waals surface area contributed by atoms with Crippen LogP contribution in [0.4, 0.5) is 0 Å². The molecule has 0 radical (unpaired) electrons. The smallest absolute Gasteiger partial charge is 0.256 e. The van der Waals surface area contributed by atoms with Crippen molar-refractivity contribution in [3.63, 3.8) is 0 Å². The second kappa shape index (κ2) is 9.13. The molecule has 1 aliphatic heterocycles. The van der Waals surface area contributed by atoms with Crippen LogP contribution < -0.4 is 5.32 Å². The molecule has 2 N–H and O–H groups in total. The Labute approximate surface area is 204 Å². The number of hydrogen-bond acceptors (Lipinski definition) is 3. The maximum atomic E-state index is 13.3. The van der Waals surface area contributed by atoms with Gasteiger partial charge >= 0.3 is 0 Å². The van der Waals surface area contributed by atoms with Gasteiger partial charge < -0.3 is 10.4 Å². The summed E-state index contributed by atoms with van der Waals surface area (Å²) in [6.45, 7) is 10.7. The summed E-state index contributed by atoms with van der Waals surface area (Å²) in [6, 6.07) is 18.6. The molecule has 34 heavy (non-hydrogen) atoms. The minimum Gasteiger partial charge on any atom is -0.375 e. The Morgan fingerprint density at radius 3 is 2.15 bits per heavy atom. The monoisotopic (exact) mass is 460 g/mol. The van der Waals surface area contributed by atoms with Crippen LogP contribution in [0.2, 0.25) is 0 Å². The number of likely N-dealkylation sites (tertiary alicyclic amines) is 1. The predicted octanol–water partition coefficient (Wildman–Crippen LogP) is 4.86. The van der Waals surface area contributed by atoms with E-state index in [2.05, 4.69) is 55.3 Å². The Morgan fingerprint density at radius 2 is 1.56 bits per heavy atom. The zero-order valence-corrected chi connectivity index (χ0v) is 21.0. The predicted molar refractivity (Wildman–Crippen MR) is 136 cm³/mol. The van der Waals surface area contributed by atoms with Gasteiger partial charge in [-0.3, -0.25) is 9.69 Å². The van der Waals surface area contributed by atoms with E-state index >= 15 is 0 Å². The molecule has 0 aromatic heterocycles. The fourth-order valence-corrected chi connectivity index (χ4v) is 6.47. The van der Waals surface area contributed by atoms with Crippen LogP contribution in [0.25, 0.3) is 0 Å². The first-order chi connectivity index (χ1) is 16.3. The molecule has 2 aliphatic carbocycles. The van der Waals surface area contributed by atoms with Crippen molar-refractivity contribution >= 4 is 5.91 Å². The molecule has 2 saturated carbocycles. The van der Waals surface area contributed by atoms with Gasteiger partial charge in [-0.15, -0.1) is 0 Å². The average Bonchev–Trinajstić information content (AvgIpc) is 3.22. The third-order valence-corrected chi connectivity index (χ3v) is 8.68. The van der Waals surface area contributed by atoms with E-state index in [4.69, 9.17) is 0 Å². The number of carbonyl (C=O) groups excluding carboxylic acids is 1. The molecule has 2 aromatic carbocycles. The summed E-state index contributed by atoms with van der Waals surface area (Å²) in [5, 5.41) is 14.8. The molecule has 4 heteroatoms. The third kappa shape index (κ3) is 4.55. The standard InChI is InChI=1S/C30H40N2O2/c1-29(2,3)22-15-13-21(14-16-22)18-32-19-26-25(27(26)20-32)17-31-28(33)30(34,24-11-7-8-12-24)23-9-5-4-6-10-23/h4-6,9-10,13-16,24-27,34H,7-8,11-12,17-20H2,1-3H3,(H,31,33). The number of piperidine rings is 1. The topological polar surface area (TPSA) is 52.6 Å². The van der Waals surface area contributed by atoms with Crippen LogP contribution in [-0.2, 0) is 22.4 Å². The highest BCUT2D eigenvalue weighted by molar-refractivity contribution is 5.86. The summed E-state index contributed by atoms with van der Waals surface area (Å²) in [7, 11) is 0. The molecule has 0 bridgehead atoms. The number of hydrogen-bond donors (Lipinski definition) is 2. The second-order valence-corrected chi connectivity index (χ2v) is 12.0. The molecule has 0 spiro atoms. The summed E-state index contributed by atoms with van der Waals surface area (Å²) < 4.78 is 0. The van der Waals surface area contributed by atoms with Gasteiger partial charge in [-0.1, -0.05) is 88.2 Å². The van der Waals surface area contributed by atoms with Crippen LogP contribution >= 0.6 is 0 Å². The van der Waals surface area contributed by atoms with Crippen LogP contribution in [0.1, 0.15) is 63.1 Å². The van der Waals surface area contributed by atoms with Gasteiger partial charge in [-0.25, -0.2) is 0 Å². The fraction of sp³-hybridized carbons (Fsp3) is 0.567. The van der Waals surface area contributed by atoms with Gasteiger partial charge in [0.2, 0.25) is 0 Å². The van der Waals surface area contributed by atoms with Crippen molar-refractivity contribution in [2.24, 2.45) is 23.7 Å². The van der Waals surface area contributed by atoms with Crippen molar-refractivity contribution in [2.45, 2.75) is 64.0 Å². The number of rotatable bonds is 7. The molecule has 2 aromatic rings. The highest BCUT2D eigenvalue weighted by Gasteiger charge is 2.55. The number of benzene rings is 2. The molecule has 3 fully saturated rings. The van der Waals surface area contributed by atoms with Gasteiger partial charge in [0.1, 0.15) is 0 Å². The Hall–Kier alpha value is -2.17. The van der Waals surface area contributed by atoms with Gasteiger partial charge in [-0.05, 0) is 52.7 Å². The SMILES string of the molecule is CC(C)(C)c1ccc(CN2CC3C(CNC(=O)C(O)(c4ccccc4)C4CCCC4)C3C2)cc1. The molecule has 4 nitrogen and oxygen atoms in total. The van der Waals surface area contributed by atoms with E-state index in [1.54, 1.807) is 0 Å². The Kier molecular flexibility index (Phi) is 6.32. The molecular weight excluding hydrogens is 420 g/mol. The largest absolute Gasteiger partial charge is 0.375 e. The van der Waals surface area contributed by atoms with Gasteiger partial charge in [0.05, 0.1) is 0 Å². The molecule has 1 amide bonds. The minimum atomic E-state index is -1.41. The Balaban J connectivity index is 1.14. The Bertz CT molecular complexity index is 979. The van der Waals surface area contributed by atoms with Gasteiger partial charge in [-0.2, -0.15) is 0 Å². The van der Waals surface area contributed by atoms with E-state index in [0.29, 0.717) is 24.3 Å². The summed E-state index contributed by atoms with van der Waals surface area (Å²) in [4.78, 5) is 15.9. The van der Waals surface area contributed by atoms with Crippen molar-refractivity contribution in [3.8, 4) is 0 Å². The molecule has 3 atom stereocenters. The maximum Gasteiger partial charge on any atom is 0.256 e. The third-order valence-electron chi connectivity index (χ3n) is 8.68. The number of carbonyl (C=O) groups is 1. The molecule has 3 unspecified atom stereocenters. The summed E-state index contributed by atoms with van der Waals surface area (Å²) in [5.41, 5.74) is 2.27. The number of nitrogens with zero attached hydrogens (tertiary/aromatic N) is 1. The molecule has 1 saturated heterocycles. The van der Waals surface area contributed by atoms with Crippen LogP contribution in [0.5, 0.6) is 0 Å². The number of amides is 1. The average molecular weight is 461 g/mol. The lowest BCUT2D eigenvalue weighted by Crippen LogP contribution is -2.49. The molecule has 1 heterocycles. The number of nitrogens with one attached hydrogen (secondary N) is 1. The van der Waals surface area contributed by atoms with Crippen LogP contribution in [0.3, 0.4) is 0 Å². The highest BCUT2D eigenvalue weighted by Crippen LogP contribution is 2.51. The lowest BCUT2D eigenvalue weighted by Gasteiger charge is -2.33.